The zero-order chi connectivity index (χ0) is 15.8. The van der Waals surface area contributed by atoms with Gasteiger partial charge >= 0.3 is 0 Å². The van der Waals surface area contributed by atoms with Crippen molar-refractivity contribution in [3.63, 3.8) is 0 Å². The molecule has 0 radical (unpaired) electrons. The van der Waals surface area contributed by atoms with Gasteiger partial charge in [0, 0.05) is 25.3 Å². The van der Waals surface area contributed by atoms with Crippen LogP contribution in [0.25, 0.3) is 0 Å². The second-order valence-corrected chi connectivity index (χ2v) is 5.58. The Morgan fingerprint density at radius 1 is 1.27 bits per heavy atom. The van der Waals surface area contributed by atoms with Crippen molar-refractivity contribution in [1.29, 1.82) is 0 Å². The van der Waals surface area contributed by atoms with Crippen molar-refractivity contribution in [3.8, 4) is 11.5 Å². The van der Waals surface area contributed by atoms with Gasteiger partial charge in [0.25, 0.3) is 0 Å². The van der Waals surface area contributed by atoms with E-state index in [1.54, 1.807) is 14.2 Å². The molecule has 0 unspecified atom stereocenters. The van der Waals surface area contributed by atoms with E-state index >= 15 is 0 Å². The number of hydrogen-bond acceptors (Lipinski definition) is 4. The molecule has 1 saturated carbocycles. The molecular formula is C17H25NO4. The van der Waals surface area contributed by atoms with Crippen molar-refractivity contribution in [3.05, 3.63) is 23.8 Å². The number of hydrogen-bond donors (Lipinski definition) is 1. The Morgan fingerprint density at radius 2 is 2.09 bits per heavy atom. The Kier molecular flexibility index (Phi) is 6.52. The molecule has 0 bridgehead atoms. The van der Waals surface area contributed by atoms with Gasteiger partial charge in [-0.3, -0.25) is 4.79 Å². The highest BCUT2D eigenvalue weighted by Gasteiger charge is 2.20. The van der Waals surface area contributed by atoms with Gasteiger partial charge in [-0.25, -0.2) is 0 Å². The van der Waals surface area contributed by atoms with Gasteiger partial charge in [0.2, 0.25) is 5.91 Å². The van der Waals surface area contributed by atoms with Crippen LogP contribution >= 0.6 is 0 Å². The van der Waals surface area contributed by atoms with Crippen LogP contribution in [0.15, 0.2) is 18.2 Å². The molecular weight excluding hydrogens is 282 g/mol. The summed E-state index contributed by atoms with van der Waals surface area (Å²) in [7, 11) is 3.20. The van der Waals surface area contributed by atoms with Gasteiger partial charge in [0.15, 0.2) is 0 Å². The SMILES string of the molecule is COc1ccc(OC)c(CC(=O)NCCCOCC2CC2)c1. The van der Waals surface area contributed by atoms with Crippen molar-refractivity contribution in [2.24, 2.45) is 5.92 Å². The Bertz CT molecular complexity index is 486. The summed E-state index contributed by atoms with van der Waals surface area (Å²) in [5.74, 6) is 2.18. The van der Waals surface area contributed by atoms with Crippen LogP contribution < -0.4 is 14.8 Å². The van der Waals surface area contributed by atoms with Crippen LogP contribution in [0.5, 0.6) is 11.5 Å². The lowest BCUT2D eigenvalue weighted by Gasteiger charge is -2.11. The molecule has 0 heterocycles. The smallest absolute Gasteiger partial charge is 0.224 e. The average Bonchev–Trinajstić information content (AvgIpc) is 3.34. The van der Waals surface area contributed by atoms with Crippen molar-refractivity contribution in [2.75, 3.05) is 34.0 Å². The van der Waals surface area contributed by atoms with E-state index in [0.717, 1.165) is 30.3 Å². The molecule has 5 nitrogen and oxygen atoms in total. The first-order chi connectivity index (χ1) is 10.7. The largest absolute Gasteiger partial charge is 0.497 e. The van der Waals surface area contributed by atoms with Crippen LogP contribution in [0, 0.1) is 5.92 Å². The van der Waals surface area contributed by atoms with E-state index < -0.39 is 0 Å². The predicted octanol–water partition coefficient (Wildman–Crippen LogP) is 2.18. The van der Waals surface area contributed by atoms with E-state index in [2.05, 4.69) is 5.32 Å². The summed E-state index contributed by atoms with van der Waals surface area (Å²) in [6.07, 6.45) is 3.73. The minimum absolute atomic E-state index is 0.0197. The molecule has 1 amide bonds. The quantitative estimate of drug-likeness (QED) is 0.673. The van der Waals surface area contributed by atoms with Crippen LogP contribution in [-0.4, -0.2) is 39.9 Å². The third kappa shape index (κ3) is 5.56. The third-order valence-electron chi connectivity index (χ3n) is 3.68. The molecule has 122 valence electrons. The van der Waals surface area contributed by atoms with Gasteiger partial charge in [-0.15, -0.1) is 0 Å². The Balaban J connectivity index is 1.68. The fraction of sp³-hybridized carbons (Fsp3) is 0.588. The molecule has 1 N–H and O–H groups in total. The molecule has 0 saturated heterocycles. The van der Waals surface area contributed by atoms with Gasteiger partial charge in [0.05, 0.1) is 20.6 Å². The first-order valence-corrected chi connectivity index (χ1v) is 7.78. The number of carbonyl (C=O) groups is 1. The Hall–Kier alpha value is -1.75. The minimum Gasteiger partial charge on any atom is -0.497 e. The normalized spacial score (nSPS) is 13.7. The Labute approximate surface area is 131 Å². The van der Waals surface area contributed by atoms with E-state index in [1.807, 2.05) is 18.2 Å². The summed E-state index contributed by atoms with van der Waals surface area (Å²) in [5.41, 5.74) is 0.823. The molecule has 0 aliphatic heterocycles. The summed E-state index contributed by atoms with van der Waals surface area (Å²) in [4.78, 5) is 12.0. The Morgan fingerprint density at radius 3 is 2.77 bits per heavy atom. The van der Waals surface area contributed by atoms with Crippen molar-refractivity contribution >= 4 is 5.91 Å². The van der Waals surface area contributed by atoms with Crippen LogP contribution in [0.3, 0.4) is 0 Å². The van der Waals surface area contributed by atoms with E-state index in [9.17, 15) is 4.79 Å². The molecule has 0 atom stereocenters. The van der Waals surface area contributed by atoms with E-state index in [1.165, 1.54) is 12.8 Å². The van der Waals surface area contributed by atoms with Crippen LogP contribution in [0.1, 0.15) is 24.8 Å². The summed E-state index contributed by atoms with van der Waals surface area (Å²) < 4.78 is 16.0. The number of ether oxygens (including phenoxy) is 3. The predicted molar refractivity (Wildman–Crippen MR) is 84.4 cm³/mol. The first kappa shape index (κ1) is 16.6. The first-order valence-electron chi connectivity index (χ1n) is 7.78. The lowest BCUT2D eigenvalue weighted by atomic mass is 10.1. The van der Waals surface area contributed by atoms with Crippen molar-refractivity contribution < 1.29 is 19.0 Å². The highest BCUT2D eigenvalue weighted by Crippen LogP contribution is 2.28. The van der Waals surface area contributed by atoms with Gasteiger partial charge in [-0.05, 0) is 43.4 Å². The molecule has 1 aliphatic rings. The van der Waals surface area contributed by atoms with Crippen molar-refractivity contribution in [2.45, 2.75) is 25.7 Å². The zero-order valence-corrected chi connectivity index (χ0v) is 13.4. The highest BCUT2D eigenvalue weighted by molar-refractivity contribution is 5.79. The van der Waals surface area contributed by atoms with E-state index in [4.69, 9.17) is 14.2 Å². The number of methoxy groups -OCH3 is 2. The highest BCUT2D eigenvalue weighted by atomic mass is 16.5. The summed E-state index contributed by atoms with van der Waals surface area (Å²) in [6.45, 7) is 2.21. The van der Waals surface area contributed by atoms with Gasteiger partial charge in [-0.1, -0.05) is 0 Å². The third-order valence-corrected chi connectivity index (χ3v) is 3.68. The average molecular weight is 307 g/mol. The number of benzene rings is 1. The number of amides is 1. The van der Waals surface area contributed by atoms with Crippen molar-refractivity contribution in [1.82, 2.24) is 5.32 Å². The van der Waals surface area contributed by atoms with Crippen LogP contribution in [0.4, 0.5) is 0 Å². The second kappa shape index (κ2) is 8.63. The topological polar surface area (TPSA) is 56.8 Å². The molecule has 0 spiro atoms. The van der Waals surface area contributed by atoms with Crippen LogP contribution in [0.2, 0.25) is 0 Å². The zero-order valence-electron chi connectivity index (χ0n) is 13.4. The molecule has 1 aromatic rings. The standard InChI is InChI=1S/C17H25NO4/c1-20-15-6-7-16(21-2)14(10-15)11-17(19)18-8-3-9-22-12-13-4-5-13/h6-7,10,13H,3-5,8-9,11-12H2,1-2H3,(H,18,19). The summed E-state index contributed by atoms with van der Waals surface area (Å²) >= 11 is 0. The maximum Gasteiger partial charge on any atom is 0.224 e. The van der Waals surface area contributed by atoms with Gasteiger partial charge in [-0.2, -0.15) is 0 Å². The molecule has 22 heavy (non-hydrogen) atoms. The molecule has 1 fully saturated rings. The number of carbonyl (C=O) groups excluding carboxylic acids is 1. The lowest BCUT2D eigenvalue weighted by molar-refractivity contribution is -0.120. The fourth-order valence-electron chi connectivity index (χ4n) is 2.19. The molecule has 1 aromatic carbocycles. The fourth-order valence-corrected chi connectivity index (χ4v) is 2.19. The monoisotopic (exact) mass is 307 g/mol. The maximum absolute atomic E-state index is 12.0. The second-order valence-electron chi connectivity index (χ2n) is 5.58. The van der Waals surface area contributed by atoms with E-state index in [0.29, 0.717) is 18.9 Å². The van der Waals surface area contributed by atoms with Gasteiger partial charge < -0.3 is 19.5 Å². The van der Waals surface area contributed by atoms with E-state index in [-0.39, 0.29) is 12.3 Å². The van der Waals surface area contributed by atoms with Gasteiger partial charge in [0.1, 0.15) is 11.5 Å². The maximum atomic E-state index is 12.0. The number of rotatable bonds is 10. The molecule has 0 aromatic heterocycles. The summed E-state index contributed by atoms with van der Waals surface area (Å²) in [5, 5.41) is 2.91. The molecule has 1 aliphatic carbocycles. The molecule has 2 rings (SSSR count). The molecule has 5 heteroatoms. The van der Waals surface area contributed by atoms with Crippen LogP contribution in [-0.2, 0) is 16.0 Å². The minimum atomic E-state index is -0.0197. The summed E-state index contributed by atoms with van der Waals surface area (Å²) in [6, 6.07) is 5.46. The number of nitrogens with one attached hydrogen (secondary N) is 1. The lowest BCUT2D eigenvalue weighted by Crippen LogP contribution is -2.27.